The monoisotopic (exact) mass is 186 g/mol. The molecule has 9 heavy (non-hydrogen) atoms. The average molecular weight is 188 g/mol. The SMILES string of the molecule is C[C-]=O.C[C-]=O.O.O.[Zn+2]. The number of hydrogen-bond donors (Lipinski definition) is 0. The van der Waals surface area contributed by atoms with Crippen molar-refractivity contribution in [2.24, 2.45) is 0 Å². The number of hydrogen-bond acceptors (Lipinski definition) is 2. The van der Waals surface area contributed by atoms with Gasteiger partial charge in [-0.1, -0.05) is 0 Å². The number of rotatable bonds is 0. The van der Waals surface area contributed by atoms with Gasteiger partial charge < -0.3 is 20.5 Å². The third-order valence-corrected chi connectivity index (χ3v) is 0. The molecule has 5 heteroatoms. The predicted molar refractivity (Wildman–Crippen MR) is 30.0 cm³/mol. The molecule has 0 amide bonds. The zero-order valence-electron chi connectivity index (χ0n) is 5.52. The first-order valence-electron chi connectivity index (χ1n) is 1.41. The van der Waals surface area contributed by atoms with Crippen LogP contribution in [0.15, 0.2) is 0 Å². The minimum absolute atomic E-state index is 0. The quantitative estimate of drug-likeness (QED) is 0.344. The molecule has 0 heterocycles. The zero-order valence-corrected chi connectivity index (χ0v) is 8.49. The standard InChI is InChI=1S/2C2H3O.2H2O.Zn/c2*1-2-3;;;/h2*1H3;2*1H2;/q2*-1;;;+2. The molecule has 0 unspecified atom stereocenters. The summed E-state index contributed by atoms with van der Waals surface area (Å²) in [6.07, 6.45) is 3.00. The van der Waals surface area contributed by atoms with Crippen LogP contribution in [0.25, 0.3) is 0 Å². The Kier molecular flexibility index (Phi) is 428. The van der Waals surface area contributed by atoms with Crippen LogP contribution in [0.5, 0.6) is 0 Å². The van der Waals surface area contributed by atoms with Crippen LogP contribution >= 0.6 is 0 Å². The van der Waals surface area contributed by atoms with E-state index in [1.54, 1.807) is 0 Å². The first-order valence-corrected chi connectivity index (χ1v) is 1.41. The van der Waals surface area contributed by atoms with Gasteiger partial charge in [-0.2, -0.15) is 13.8 Å². The average Bonchev–Trinajstić information content (AvgIpc) is 1.39. The van der Waals surface area contributed by atoms with Gasteiger partial charge in [0.05, 0.1) is 0 Å². The molecule has 0 aromatic heterocycles. The van der Waals surface area contributed by atoms with Gasteiger partial charge in [-0.05, 0) is 0 Å². The molecule has 52 valence electrons. The summed E-state index contributed by atoms with van der Waals surface area (Å²) in [5.74, 6) is 0. The molecule has 4 N–H and O–H groups in total. The van der Waals surface area contributed by atoms with E-state index in [-0.39, 0.29) is 30.4 Å². The van der Waals surface area contributed by atoms with E-state index in [0.29, 0.717) is 0 Å². The van der Waals surface area contributed by atoms with E-state index < -0.39 is 0 Å². The van der Waals surface area contributed by atoms with Crippen molar-refractivity contribution >= 4 is 12.6 Å². The summed E-state index contributed by atoms with van der Waals surface area (Å²) >= 11 is 0. The van der Waals surface area contributed by atoms with Crippen molar-refractivity contribution in [3.05, 3.63) is 0 Å². The Morgan fingerprint density at radius 2 is 0.889 bits per heavy atom. The summed E-state index contributed by atoms with van der Waals surface area (Å²) in [5, 5.41) is 0. The Labute approximate surface area is 67.0 Å². The van der Waals surface area contributed by atoms with Crippen LogP contribution in [0.2, 0.25) is 0 Å². The molecule has 0 aliphatic heterocycles. The second kappa shape index (κ2) is 105. The summed E-state index contributed by atoms with van der Waals surface area (Å²) in [7, 11) is 0. The first kappa shape index (κ1) is 36.6. The third-order valence-electron chi connectivity index (χ3n) is 0. The first-order chi connectivity index (χ1) is 2.83. The summed E-state index contributed by atoms with van der Waals surface area (Å²) in [6.45, 7) is 2.64. The molecule has 0 atom stereocenters. The Balaban J connectivity index is -0.00000000889. The van der Waals surface area contributed by atoms with Crippen LogP contribution in [-0.4, -0.2) is 23.5 Å². The van der Waals surface area contributed by atoms with Crippen LogP contribution in [0, 0.1) is 0 Å². The Hall–Kier alpha value is -0.117. The maximum atomic E-state index is 8.68. The fourth-order valence-corrected chi connectivity index (χ4v) is 0. The van der Waals surface area contributed by atoms with Crippen molar-refractivity contribution in [2.75, 3.05) is 0 Å². The third kappa shape index (κ3) is 20100. The molecule has 0 spiro atoms. The van der Waals surface area contributed by atoms with Crippen molar-refractivity contribution in [3.63, 3.8) is 0 Å². The van der Waals surface area contributed by atoms with Gasteiger partial charge in [-0.15, -0.1) is 0 Å². The van der Waals surface area contributed by atoms with Crippen LogP contribution in [0.3, 0.4) is 0 Å². The van der Waals surface area contributed by atoms with Crippen LogP contribution in [-0.2, 0) is 29.1 Å². The summed E-state index contributed by atoms with van der Waals surface area (Å²) in [5.41, 5.74) is 0. The summed E-state index contributed by atoms with van der Waals surface area (Å²) < 4.78 is 0. The molecule has 0 radical (unpaired) electrons. The van der Waals surface area contributed by atoms with Gasteiger partial charge >= 0.3 is 19.5 Å². The molecule has 0 saturated carbocycles. The van der Waals surface area contributed by atoms with Crippen molar-refractivity contribution in [2.45, 2.75) is 13.8 Å². The molecule has 0 aliphatic rings. The van der Waals surface area contributed by atoms with Crippen LogP contribution in [0.4, 0.5) is 0 Å². The van der Waals surface area contributed by atoms with Crippen molar-refractivity contribution in [1.82, 2.24) is 0 Å². The van der Waals surface area contributed by atoms with E-state index in [4.69, 9.17) is 9.59 Å². The van der Waals surface area contributed by atoms with Gasteiger partial charge in [0.25, 0.3) is 0 Å². The minimum Gasteiger partial charge on any atom is -0.542 e. The van der Waals surface area contributed by atoms with E-state index >= 15 is 0 Å². The molecule has 0 aromatic carbocycles. The van der Waals surface area contributed by atoms with Crippen LogP contribution < -0.4 is 0 Å². The minimum atomic E-state index is 0. The second-order valence-corrected chi connectivity index (χ2v) is 0.408. The van der Waals surface area contributed by atoms with E-state index in [9.17, 15) is 0 Å². The number of carbonyl (C=O) groups excluding carboxylic acids is 2. The van der Waals surface area contributed by atoms with E-state index in [0.717, 1.165) is 0 Å². The Morgan fingerprint density at radius 3 is 0.889 bits per heavy atom. The van der Waals surface area contributed by atoms with Crippen molar-refractivity contribution in [3.8, 4) is 0 Å². The van der Waals surface area contributed by atoms with Gasteiger partial charge in [0.2, 0.25) is 0 Å². The molecular formula is C4H10O4Zn. The van der Waals surface area contributed by atoms with Gasteiger partial charge in [0.15, 0.2) is 0 Å². The second-order valence-electron chi connectivity index (χ2n) is 0.408. The van der Waals surface area contributed by atoms with E-state index in [2.05, 4.69) is 0 Å². The maximum absolute atomic E-state index is 8.68. The summed E-state index contributed by atoms with van der Waals surface area (Å²) in [6, 6.07) is 0. The smallest absolute Gasteiger partial charge is 0.542 e. The molecular weight excluding hydrogens is 177 g/mol. The fourth-order valence-electron chi connectivity index (χ4n) is 0. The van der Waals surface area contributed by atoms with E-state index in [1.807, 2.05) is 0 Å². The van der Waals surface area contributed by atoms with Crippen LogP contribution in [0.1, 0.15) is 13.8 Å². The molecule has 0 fully saturated rings. The van der Waals surface area contributed by atoms with Gasteiger partial charge in [0.1, 0.15) is 0 Å². The predicted octanol–water partition coefficient (Wildman–Crippen LogP) is -1.42. The molecule has 0 rings (SSSR count). The largest absolute Gasteiger partial charge is 2.00 e. The molecule has 0 saturated heterocycles. The van der Waals surface area contributed by atoms with Gasteiger partial charge in [-0.3, -0.25) is 12.6 Å². The zero-order chi connectivity index (χ0) is 5.41. The van der Waals surface area contributed by atoms with Gasteiger partial charge in [0, 0.05) is 0 Å². The van der Waals surface area contributed by atoms with Crippen molar-refractivity contribution in [1.29, 1.82) is 0 Å². The Bertz CT molecular complexity index is 33.5. The molecule has 0 bridgehead atoms. The topological polar surface area (TPSA) is 97.1 Å². The Morgan fingerprint density at radius 1 is 0.889 bits per heavy atom. The van der Waals surface area contributed by atoms with Gasteiger partial charge in [-0.25, -0.2) is 0 Å². The van der Waals surface area contributed by atoms with Crippen molar-refractivity contribution < 1.29 is 40.0 Å². The van der Waals surface area contributed by atoms with E-state index in [1.165, 1.54) is 26.4 Å². The molecule has 4 nitrogen and oxygen atoms in total. The molecule has 0 aromatic rings. The summed E-state index contributed by atoms with van der Waals surface area (Å²) in [4.78, 5) is 17.4. The maximum Gasteiger partial charge on any atom is 2.00 e. The normalized spacial score (nSPS) is 2.89. The molecule has 0 aliphatic carbocycles. The fraction of sp³-hybridized carbons (Fsp3) is 0.500.